The van der Waals surface area contributed by atoms with Gasteiger partial charge in [-0.05, 0) is 20.8 Å². The van der Waals surface area contributed by atoms with Crippen LogP contribution in [0.5, 0.6) is 0 Å². The fourth-order valence-electron chi connectivity index (χ4n) is 1.32. The third-order valence-electron chi connectivity index (χ3n) is 2.22. The normalized spacial score (nSPS) is 11.3. The fraction of sp³-hybridized carbons (Fsp3) is 0.867. The summed E-state index contributed by atoms with van der Waals surface area (Å²) in [6, 6.07) is 0. The first-order valence-electron chi connectivity index (χ1n) is 7.93. The number of aliphatic carboxylic acids is 1. The molecule has 1 N–H and O–H groups in total. The molecule has 10 nitrogen and oxygen atoms in total. The molecule has 0 saturated carbocycles. The van der Waals surface area contributed by atoms with Gasteiger partial charge in [0.2, 0.25) is 0 Å². The van der Waals surface area contributed by atoms with Crippen LogP contribution in [0.4, 0.5) is 4.79 Å². The molecule has 0 aromatic rings. The quantitative estimate of drug-likeness (QED) is 0.295. The lowest BCUT2D eigenvalue weighted by Crippen LogP contribution is -2.33. The predicted molar refractivity (Wildman–Crippen MR) is 83.6 cm³/mol. The fourth-order valence-corrected chi connectivity index (χ4v) is 1.32. The molecule has 10 heteroatoms. The lowest BCUT2D eigenvalue weighted by atomic mass is 10.2. The number of rotatable bonds is 15. The lowest BCUT2D eigenvalue weighted by Gasteiger charge is -2.19. The van der Waals surface area contributed by atoms with Crippen molar-refractivity contribution in [3.63, 3.8) is 0 Å². The van der Waals surface area contributed by atoms with Gasteiger partial charge in [-0.3, -0.25) is 4.84 Å². The van der Waals surface area contributed by atoms with Crippen molar-refractivity contribution in [1.29, 1.82) is 0 Å². The predicted octanol–water partition coefficient (Wildman–Crippen LogP) is -0.741. The van der Waals surface area contributed by atoms with Crippen LogP contribution in [0.2, 0.25) is 0 Å². The van der Waals surface area contributed by atoms with Crippen LogP contribution >= 0.6 is 0 Å². The average molecular weight is 366 g/mol. The summed E-state index contributed by atoms with van der Waals surface area (Å²) >= 11 is 0. The molecule has 0 unspecified atom stereocenters. The van der Waals surface area contributed by atoms with Crippen molar-refractivity contribution in [3.8, 4) is 0 Å². The van der Waals surface area contributed by atoms with Crippen LogP contribution in [0.1, 0.15) is 20.8 Å². The van der Waals surface area contributed by atoms with Gasteiger partial charge >= 0.3 is 6.09 Å². The maximum Gasteiger partial charge on any atom is 0.431 e. The summed E-state index contributed by atoms with van der Waals surface area (Å²) in [5, 5.41) is 10.1. The van der Waals surface area contributed by atoms with Crippen molar-refractivity contribution in [2.75, 3.05) is 59.5 Å². The SMILES string of the molecule is CC(C)(C)OC(=O)NOCCOCCOCCOCCOCC(=O)[O-]. The molecule has 0 bridgehead atoms. The number of hydroxylamine groups is 1. The van der Waals surface area contributed by atoms with E-state index in [0.717, 1.165) is 0 Å². The highest BCUT2D eigenvalue weighted by Gasteiger charge is 2.15. The summed E-state index contributed by atoms with van der Waals surface area (Å²) in [7, 11) is 0. The minimum atomic E-state index is -1.26. The minimum Gasteiger partial charge on any atom is -0.548 e. The number of nitrogens with one attached hydrogen (secondary N) is 1. The Morgan fingerprint density at radius 2 is 1.24 bits per heavy atom. The second-order valence-corrected chi connectivity index (χ2v) is 5.71. The largest absolute Gasteiger partial charge is 0.548 e. The van der Waals surface area contributed by atoms with E-state index in [0.29, 0.717) is 33.0 Å². The number of carboxylic acid groups (broad SMARTS) is 1. The Morgan fingerprint density at radius 3 is 1.68 bits per heavy atom. The maximum atomic E-state index is 11.2. The summed E-state index contributed by atoms with van der Waals surface area (Å²) in [6.07, 6.45) is -0.652. The lowest BCUT2D eigenvalue weighted by molar-refractivity contribution is -0.309. The molecule has 0 atom stereocenters. The topological polar surface area (TPSA) is 125 Å². The Kier molecular flexibility index (Phi) is 14.0. The third-order valence-corrected chi connectivity index (χ3v) is 2.22. The molecule has 0 fully saturated rings. The van der Waals surface area contributed by atoms with Crippen LogP contribution in [0.3, 0.4) is 0 Å². The first kappa shape index (κ1) is 23.5. The number of ether oxygens (including phenoxy) is 5. The Hall–Kier alpha value is -1.46. The van der Waals surface area contributed by atoms with Crippen molar-refractivity contribution in [2.45, 2.75) is 26.4 Å². The summed E-state index contributed by atoms with van der Waals surface area (Å²) < 4.78 is 25.4. The van der Waals surface area contributed by atoms with Gasteiger partial charge in [0.1, 0.15) is 5.60 Å². The van der Waals surface area contributed by atoms with E-state index in [1.54, 1.807) is 20.8 Å². The Labute approximate surface area is 147 Å². The van der Waals surface area contributed by atoms with Gasteiger partial charge in [-0.15, -0.1) is 0 Å². The molecule has 0 spiro atoms. The van der Waals surface area contributed by atoms with E-state index in [2.05, 4.69) is 5.48 Å². The molecule has 0 saturated heterocycles. The van der Waals surface area contributed by atoms with E-state index in [9.17, 15) is 14.7 Å². The highest BCUT2D eigenvalue weighted by molar-refractivity contribution is 5.66. The maximum absolute atomic E-state index is 11.2. The van der Waals surface area contributed by atoms with Crippen LogP contribution in [0, 0.1) is 0 Å². The van der Waals surface area contributed by atoms with E-state index >= 15 is 0 Å². The van der Waals surface area contributed by atoms with Gasteiger partial charge in [0.15, 0.2) is 0 Å². The molecular formula is C15H28NO9-. The number of carbonyl (C=O) groups is 2. The summed E-state index contributed by atoms with van der Waals surface area (Å²) in [5.41, 5.74) is 1.57. The van der Waals surface area contributed by atoms with Crippen molar-refractivity contribution >= 4 is 12.1 Å². The number of amides is 1. The number of hydrogen-bond acceptors (Lipinski definition) is 9. The van der Waals surface area contributed by atoms with Gasteiger partial charge in [-0.1, -0.05) is 0 Å². The highest BCUT2D eigenvalue weighted by atomic mass is 16.7. The van der Waals surface area contributed by atoms with Crippen LogP contribution in [0.25, 0.3) is 0 Å². The first-order chi connectivity index (χ1) is 11.8. The van der Waals surface area contributed by atoms with Crippen molar-refractivity contribution in [3.05, 3.63) is 0 Å². The van der Waals surface area contributed by atoms with E-state index in [1.165, 1.54) is 0 Å². The van der Waals surface area contributed by atoms with Crippen molar-refractivity contribution in [2.24, 2.45) is 0 Å². The van der Waals surface area contributed by atoms with Crippen molar-refractivity contribution in [1.82, 2.24) is 5.48 Å². The summed E-state index contributed by atoms with van der Waals surface area (Å²) in [5.74, 6) is -1.26. The second kappa shape index (κ2) is 14.8. The zero-order valence-corrected chi connectivity index (χ0v) is 15.0. The standard InChI is InChI=1S/C15H29NO9/c1-15(2,3)25-14(19)16-24-11-10-22-7-6-20-4-5-21-8-9-23-12-13(17)18/h4-12H2,1-3H3,(H,16,19)(H,17,18)/p-1. The Bertz CT molecular complexity index is 357. The van der Waals surface area contributed by atoms with Gasteiger partial charge in [-0.2, -0.15) is 5.48 Å². The monoisotopic (exact) mass is 366 g/mol. The Morgan fingerprint density at radius 1 is 0.800 bits per heavy atom. The molecule has 0 aliphatic rings. The Balaban J connectivity index is 3.17. The van der Waals surface area contributed by atoms with Crippen LogP contribution in [0.15, 0.2) is 0 Å². The molecule has 0 heterocycles. The zero-order valence-electron chi connectivity index (χ0n) is 15.0. The smallest absolute Gasteiger partial charge is 0.431 e. The molecule has 0 aromatic carbocycles. The van der Waals surface area contributed by atoms with Crippen LogP contribution in [-0.4, -0.2) is 77.1 Å². The van der Waals surface area contributed by atoms with Gasteiger partial charge in [0, 0.05) is 0 Å². The van der Waals surface area contributed by atoms with E-state index in [-0.39, 0.29) is 19.8 Å². The summed E-state index contributed by atoms with van der Waals surface area (Å²) in [4.78, 5) is 26.2. The van der Waals surface area contributed by atoms with Gasteiger partial charge in [-0.25, -0.2) is 4.79 Å². The average Bonchev–Trinajstić information content (AvgIpc) is 2.49. The van der Waals surface area contributed by atoms with Gasteiger partial charge < -0.3 is 33.6 Å². The molecule has 0 aliphatic carbocycles. The molecule has 0 aromatic heterocycles. The molecule has 0 radical (unpaired) electrons. The van der Waals surface area contributed by atoms with E-state index < -0.39 is 24.3 Å². The molecule has 148 valence electrons. The van der Waals surface area contributed by atoms with Crippen molar-refractivity contribution < 1.29 is 43.2 Å². The summed E-state index contributed by atoms with van der Waals surface area (Å²) in [6.45, 7) is 7.33. The molecule has 0 aliphatic heterocycles. The third kappa shape index (κ3) is 20.5. The molecule has 1 amide bonds. The number of carbonyl (C=O) groups excluding carboxylic acids is 2. The van der Waals surface area contributed by atoms with Gasteiger partial charge in [0.25, 0.3) is 0 Å². The zero-order chi connectivity index (χ0) is 19.0. The van der Waals surface area contributed by atoms with E-state index in [4.69, 9.17) is 28.5 Å². The van der Waals surface area contributed by atoms with Crippen LogP contribution < -0.4 is 10.6 Å². The van der Waals surface area contributed by atoms with E-state index in [1.807, 2.05) is 0 Å². The number of hydrogen-bond donors (Lipinski definition) is 1. The highest BCUT2D eigenvalue weighted by Crippen LogP contribution is 2.06. The number of carboxylic acids is 1. The molecule has 0 rings (SSSR count). The second-order valence-electron chi connectivity index (χ2n) is 5.71. The minimum absolute atomic E-state index is 0.189. The van der Waals surface area contributed by atoms with Gasteiger partial charge in [0.05, 0.1) is 65.4 Å². The molecular weight excluding hydrogens is 338 g/mol. The first-order valence-corrected chi connectivity index (χ1v) is 7.93. The van der Waals surface area contributed by atoms with Crippen LogP contribution in [-0.2, 0) is 33.3 Å². The molecule has 25 heavy (non-hydrogen) atoms.